The fourth-order valence-electron chi connectivity index (χ4n) is 3.22. The van der Waals surface area contributed by atoms with Gasteiger partial charge in [-0.3, -0.25) is 14.4 Å². The monoisotopic (exact) mass is 509 g/mol. The topological polar surface area (TPSA) is 116 Å². The molecule has 9 nitrogen and oxygen atoms in total. The number of esters is 1. The summed E-state index contributed by atoms with van der Waals surface area (Å²) in [4.78, 5) is 41.2. The predicted octanol–water partition coefficient (Wildman–Crippen LogP) is 3.72. The Hall–Kier alpha value is -2.21. The molecule has 2 N–H and O–H groups in total. The third-order valence-corrected chi connectivity index (χ3v) is 6.79. The number of thioether (sulfide) groups is 1. The van der Waals surface area contributed by atoms with Crippen molar-refractivity contribution in [3.05, 3.63) is 18.2 Å². The summed E-state index contributed by atoms with van der Waals surface area (Å²) in [5.74, 6) is -0.638. The molecule has 3 rings (SSSR count). The highest BCUT2D eigenvalue weighted by molar-refractivity contribution is 8.01. The van der Waals surface area contributed by atoms with Gasteiger partial charge in [-0.05, 0) is 45.4 Å². The van der Waals surface area contributed by atoms with Crippen molar-refractivity contribution in [1.29, 1.82) is 0 Å². The minimum Gasteiger partial charge on any atom is -0.460 e. The summed E-state index contributed by atoms with van der Waals surface area (Å²) >= 11 is 3.18. The van der Waals surface area contributed by atoms with E-state index < -0.39 is 29.4 Å². The van der Waals surface area contributed by atoms with E-state index in [0.717, 1.165) is 46.4 Å². The minimum atomic E-state index is -1.04. The summed E-state index contributed by atoms with van der Waals surface area (Å²) in [6.45, 7) is 8.01. The first kappa shape index (κ1) is 26.4. The Morgan fingerprint density at radius 1 is 1.26 bits per heavy atom. The predicted molar refractivity (Wildman–Crippen MR) is 132 cm³/mol. The van der Waals surface area contributed by atoms with Gasteiger partial charge in [0, 0.05) is 24.8 Å². The molecule has 1 saturated heterocycles. The van der Waals surface area contributed by atoms with Crippen molar-refractivity contribution in [2.45, 2.75) is 69.2 Å². The van der Waals surface area contributed by atoms with Crippen LogP contribution in [-0.4, -0.2) is 59.7 Å². The molecule has 34 heavy (non-hydrogen) atoms. The third-order valence-electron chi connectivity index (χ3n) is 4.60. The van der Waals surface area contributed by atoms with Crippen molar-refractivity contribution in [3.8, 4) is 0 Å². The molecule has 1 unspecified atom stereocenters. The normalized spacial score (nSPS) is 15.6. The first-order valence-corrected chi connectivity index (χ1v) is 13.0. The van der Waals surface area contributed by atoms with Crippen LogP contribution in [0.4, 0.5) is 5.69 Å². The van der Waals surface area contributed by atoms with Crippen LogP contribution in [0.5, 0.6) is 0 Å². The number of ether oxygens (including phenoxy) is 3. The summed E-state index contributed by atoms with van der Waals surface area (Å²) in [6.07, 6.45) is 1.33. The van der Waals surface area contributed by atoms with Crippen molar-refractivity contribution in [1.82, 2.24) is 10.3 Å². The SMILES string of the molecule is CC(=O)NC(CC(=O)OC(C)(C)C)C(=O)Nc1ccc2nc(SCCC3OCCCO3)sc2c1. The average molecular weight is 510 g/mol. The first-order valence-electron chi connectivity index (χ1n) is 11.2. The summed E-state index contributed by atoms with van der Waals surface area (Å²) < 4.78 is 18.3. The van der Waals surface area contributed by atoms with E-state index in [2.05, 4.69) is 15.6 Å². The quantitative estimate of drug-likeness (QED) is 0.388. The molecule has 2 amide bonds. The summed E-state index contributed by atoms with van der Waals surface area (Å²) in [5, 5.41) is 5.30. The highest BCUT2D eigenvalue weighted by atomic mass is 32.2. The third kappa shape index (κ3) is 8.53. The maximum absolute atomic E-state index is 12.8. The largest absolute Gasteiger partial charge is 0.460 e. The van der Waals surface area contributed by atoms with Gasteiger partial charge in [0.1, 0.15) is 11.6 Å². The van der Waals surface area contributed by atoms with Crippen molar-refractivity contribution in [2.24, 2.45) is 0 Å². The molecular weight excluding hydrogens is 478 g/mol. The number of fused-ring (bicyclic) bond motifs is 1. The van der Waals surface area contributed by atoms with Crippen molar-refractivity contribution >= 4 is 56.8 Å². The fraction of sp³-hybridized carbons (Fsp3) is 0.565. The minimum absolute atomic E-state index is 0.144. The Labute approximate surface area is 207 Å². The van der Waals surface area contributed by atoms with Crippen molar-refractivity contribution in [2.75, 3.05) is 24.3 Å². The number of rotatable bonds is 9. The van der Waals surface area contributed by atoms with Crippen molar-refractivity contribution in [3.63, 3.8) is 0 Å². The molecule has 11 heteroatoms. The number of benzene rings is 1. The Kier molecular flexibility index (Phi) is 9.29. The van der Waals surface area contributed by atoms with Crippen LogP contribution >= 0.6 is 23.1 Å². The highest BCUT2D eigenvalue weighted by Crippen LogP contribution is 2.32. The van der Waals surface area contributed by atoms with Crippen LogP contribution in [0.15, 0.2) is 22.5 Å². The van der Waals surface area contributed by atoms with E-state index in [0.29, 0.717) is 5.69 Å². The van der Waals surface area contributed by atoms with Crippen LogP contribution in [0.3, 0.4) is 0 Å². The van der Waals surface area contributed by atoms with Gasteiger partial charge in [-0.2, -0.15) is 0 Å². The van der Waals surface area contributed by atoms with Gasteiger partial charge in [0.15, 0.2) is 10.6 Å². The summed E-state index contributed by atoms with van der Waals surface area (Å²) in [7, 11) is 0. The molecule has 1 aliphatic heterocycles. The molecule has 1 aromatic carbocycles. The van der Waals surface area contributed by atoms with Crippen molar-refractivity contribution < 1.29 is 28.6 Å². The zero-order chi connectivity index (χ0) is 24.7. The zero-order valence-electron chi connectivity index (χ0n) is 19.8. The Balaban J connectivity index is 1.59. The lowest BCUT2D eigenvalue weighted by Gasteiger charge is -2.22. The zero-order valence-corrected chi connectivity index (χ0v) is 21.5. The van der Waals surface area contributed by atoms with Crippen LogP contribution in [0.2, 0.25) is 0 Å². The van der Waals surface area contributed by atoms with Crippen LogP contribution in [0.25, 0.3) is 10.2 Å². The first-order chi connectivity index (χ1) is 16.1. The van der Waals surface area contributed by atoms with E-state index in [1.54, 1.807) is 38.6 Å². The number of amides is 2. The van der Waals surface area contributed by atoms with Gasteiger partial charge in [0.05, 0.1) is 29.9 Å². The lowest BCUT2D eigenvalue weighted by Crippen LogP contribution is -2.45. The molecule has 186 valence electrons. The number of aromatic nitrogens is 1. The average Bonchev–Trinajstić information content (AvgIpc) is 3.14. The van der Waals surface area contributed by atoms with E-state index in [1.807, 2.05) is 12.1 Å². The number of hydrogen-bond acceptors (Lipinski definition) is 9. The van der Waals surface area contributed by atoms with E-state index in [9.17, 15) is 14.4 Å². The van der Waals surface area contributed by atoms with E-state index in [1.165, 1.54) is 18.3 Å². The molecular formula is C23H31N3O6S2. The number of nitrogens with zero attached hydrogens (tertiary/aromatic N) is 1. The lowest BCUT2D eigenvalue weighted by molar-refractivity contribution is -0.178. The molecule has 2 heterocycles. The molecule has 1 fully saturated rings. The van der Waals surface area contributed by atoms with E-state index in [4.69, 9.17) is 14.2 Å². The van der Waals surface area contributed by atoms with E-state index in [-0.39, 0.29) is 12.7 Å². The van der Waals surface area contributed by atoms with Gasteiger partial charge in [0.25, 0.3) is 0 Å². The maximum atomic E-state index is 12.8. The Morgan fingerprint density at radius 2 is 2.00 bits per heavy atom. The molecule has 1 aliphatic rings. The molecule has 0 bridgehead atoms. The summed E-state index contributed by atoms with van der Waals surface area (Å²) in [6, 6.07) is 4.37. The second kappa shape index (κ2) is 12.0. The Bertz CT molecular complexity index is 1010. The van der Waals surface area contributed by atoms with Crippen LogP contribution in [0.1, 0.15) is 47.0 Å². The molecule has 1 aromatic heterocycles. The number of anilines is 1. The van der Waals surface area contributed by atoms with Gasteiger partial charge < -0.3 is 24.8 Å². The molecule has 0 saturated carbocycles. The lowest BCUT2D eigenvalue weighted by atomic mass is 10.1. The maximum Gasteiger partial charge on any atom is 0.308 e. The van der Waals surface area contributed by atoms with Gasteiger partial charge >= 0.3 is 5.97 Å². The van der Waals surface area contributed by atoms with Gasteiger partial charge in [0.2, 0.25) is 11.8 Å². The Morgan fingerprint density at radius 3 is 2.68 bits per heavy atom. The molecule has 0 radical (unpaired) electrons. The van der Waals surface area contributed by atoms with Crippen LogP contribution < -0.4 is 10.6 Å². The number of thiazole rings is 1. The van der Waals surface area contributed by atoms with Crippen LogP contribution in [0, 0.1) is 0 Å². The van der Waals surface area contributed by atoms with Gasteiger partial charge in [-0.25, -0.2) is 4.98 Å². The molecule has 1 atom stereocenters. The van der Waals surface area contributed by atoms with Gasteiger partial charge in [-0.1, -0.05) is 11.8 Å². The van der Waals surface area contributed by atoms with Crippen LogP contribution in [-0.2, 0) is 28.6 Å². The number of nitrogens with one attached hydrogen (secondary N) is 2. The fourth-order valence-corrected chi connectivity index (χ4v) is 5.36. The number of hydrogen-bond donors (Lipinski definition) is 2. The second-order valence-corrected chi connectivity index (χ2v) is 11.2. The smallest absolute Gasteiger partial charge is 0.308 e. The van der Waals surface area contributed by atoms with Gasteiger partial charge in [-0.15, -0.1) is 11.3 Å². The molecule has 0 aliphatic carbocycles. The van der Waals surface area contributed by atoms with E-state index >= 15 is 0 Å². The molecule has 0 spiro atoms. The number of carbonyl (C=O) groups excluding carboxylic acids is 3. The molecule has 2 aromatic rings. The number of carbonyl (C=O) groups is 3. The highest BCUT2D eigenvalue weighted by Gasteiger charge is 2.26. The summed E-state index contributed by atoms with van der Waals surface area (Å²) in [5.41, 5.74) is 0.710. The standard InChI is InChI=1S/C23H31N3O6S2/c1-14(27)24-17(13-19(28)32-23(2,3)4)21(29)25-15-6-7-16-18(12-15)34-22(26-16)33-11-8-20-30-9-5-10-31-20/h6-7,12,17,20H,5,8-11,13H2,1-4H3,(H,24,27)(H,25,29). The second-order valence-electron chi connectivity index (χ2n) is 8.86.